The van der Waals surface area contributed by atoms with Gasteiger partial charge in [-0.15, -0.1) is 12.4 Å². The normalized spacial score (nSPS) is 20.6. The van der Waals surface area contributed by atoms with Crippen molar-refractivity contribution in [3.05, 3.63) is 16.6 Å². The van der Waals surface area contributed by atoms with Gasteiger partial charge in [0.25, 0.3) is 5.91 Å². The fourth-order valence-corrected chi connectivity index (χ4v) is 4.65. The molecule has 2 heterocycles. The molecule has 1 fully saturated rings. The predicted molar refractivity (Wildman–Crippen MR) is 87.1 cm³/mol. The number of anilines is 1. The first-order chi connectivity index (χ1) is 9.95. The number of halogens is 2. The first-order valence-electron chi connectivity index (χ1n) is 6.45. The summed E-state index contributed by atoms with van der Waals surface area (Å²) < 4.78 is 33.2. The van der Waals surface area contributed by atoms with Gasteiger partial charge in [-0.25, -0.2) is 13.1 Å². The number of carbonyl (C=O) groups excluding carboxylic acids is 1. The standard InChI is InChI=1S/C12H14BrN3O4S.ClH/c13-8-3-9-10(20-6-12(17)15-9)4-11(8)21(18,19)16-7-1-2-14-5-7;/h3-4,7,14,16H,1-2,5-6H2,(H,15,17);1H. The molecule has 1 amide bonds. The molecule has 1 aromatic carbocycles. The molecule has 0 radical (unpaired) electrons. The molecule has 0 aliphatic carbocycles. The lowest BCUT2D eigenvalue weighted by atomic mass is 10.2. The molecule has 7 nitrogen and oxygen atoms in total. The average molecular weight is 413 g/mol. The lowest BCUT2D eigenvalue weighted by molar-refractivity contribution is -0.118. The van der Waals surface area contributed by atoms with Crippen LogP contribution in [0.15, 0.2) is 21.5 Å². The number of sulfonamides is 1. The maximum atomic E-state index is 12.4. The monoisotopic (exact) mass is 411 g/mol. The molecule has 1 unspecified atom stereocenters. The maximum absolute atomic E-state index is 12.4. The summed E-state index contributed by atoms with van der Waals surface area (Å²) >= 11 is 3.24. The highest BCUT2D eigenvalue weighted by Gasteiger charge is 2.27. The van der Waals surface area contributed by atoms with Crippen LogP contribution in [-0.4, -0.2) is 40.1 Å². The number of ether oxygens (including phenoxy) is 1. The minimum Gasteiger partial charge on any atom is -0.482 e. The van der Waals surface area contributed by atoms with Crippen LogP contribution in [0.25, 0.3) is 0 Å². The lowest BCUT2D eigenvalue weighted by Gasteiger charge is -2.20. The molecule has 2 aliphatic rings. The molecular weight excluding hydrogens is 398 g/mol. The zero-order valence-electron chi connectivity index (χ0n) is 11.4. The van der Waals surface area contributed by atoms with Crippen LogP contribution in [0.3, 0.4) is 0 Å². The summed E-state index contributed by atoms with van der Waals surface area (Å²) in [6, 6.07) is 2.84. The Morgan fingerprint density at radius 2 is 2.14 bits per heavy atom. The zero-order chi connectivity index (χ0) is 15.0. The average Bonchev–Trinajstić information content (AvgIpc) is 2.89. The summed E-state index contributed by atoms with van der Waals surface area (Å²) in [6.45, 7) is 1.30. The number of carbonyl (C=O) groups is 1. The Bertz CT molecular complexity index is 692. The van der Waals surface area contributed by atoms with Crippen molar-refractivity contribution in [2.45, 2.75) is 17.4 Å². The van der Waals surface area contributed by atoms with Crippen molar-refractivity contribution in [3.8, 4) is 5.75 Å². The van der Waals surface area contributed by atoms with E-state index < -0.39 is 10.0 Å². The van der Waals surface area contributed by atoms with Crippen molar-refractivity contribution in [1.29, 1.82) is 0 Å². The van der Waals surface area contributed by atoms with Gasteiger partial charge in [0.15, 0.2) is 6.61 Å². The molecule has 1 saturated heterocycles. The van der Waals surface area contributed by atoms with E-state index in [2.05, 4.69) is 31.3 Å². The van der Waals surface area contributed by atoms with Crippen molar-refractivity contribution in [2.24, 2.45) is 0 Å². The number of rotatable bonds is 3. The number of amides is 1. The fraction of sp³-hybridized carbons (Fsp3) is 0.417. The summed E-state index contributed by atoms with van der Waals surface area (Å²) in [7, 11) is -3.65. The van der Waals surface area contributed by atoms with Crippen LogP contribution in [0.5, 0.6) is 5.75 Å². The van der Waals surface area contributed by atoms with Gasteiger partial charge in [0, 0.05) is 23.1 Å². The van der Waals surface area contributed by atoms with Crippen LogP contribution in [0.2, 0.25) is 0 Å². The van der Waals surface area contributed by atoms with Crippen molar-refractivity contribution in [1.82, 2.24) is 10.0 Å². The third kappa shape index (κ3) is 3.54. The molecular formula is C12H15BrClN3O4S. The van der Waals surface area contributed by atoms with Gasteiger partial charge in [-0.05, 0) is 35.0 Å². The molecule has 22 heavy (non-hydrogen) atoms. The van der Waals surface area contributed by atoms with Crippen molar-refractivity contribution >= 4 is 50.0 Å². The number of hydrogen-bond acceptors (Lipinski definition) is 5. The van der Waals surface area contributed by atoms with Gasteiger partial charge in [0.1, 0.15) is 10.6 Å². The van der Waals surface area contributed by atoms with Gasteiger partial charge < -0.3 is 15.4 Å². The zero-order valence-corrected chi connectivity index (χ0v) is 14.6. The summed E-state index contributed by atoms with van der Waals surface area (Å²) in [5.41, 5.74) is 0.458. The largest absolute Gasteiger partial charge is 0.482 e. The van der Waals surface area contributed by atoms with Crippen molar-refractivity contribution < 1.29 is 17.9 Å². The molecule has 0 aromatic heterocycles. The quantitative estimate of drug-likeness (QED) is 0.684. The second-order valence-electron chi connectivity index (χ2n) is 4.93. The molecule has 0 bridgehead atoms. The summed E-state index contributed by atoms with van der Waals surface area (Å²) in [5.74, 6) is 0.0860. The van der Waals surface area contributed by atoms with Crippen LogP contribution >= 0.6 is 28.3 Å². The first kappa shape index (κ1) is 17.5. The molecule has 0 saturated carbocycles. The van der Waals surface area contributed by atoms with E-state index in [9.17, 15) is 13.2 Å². The van der Waals surface area contributed by atoms with E-state index in [-0.39, 0.29) is 35.9 Å². The van der Waals surface area contributed by atoms with Gasteiger partial charge in [0.2, 0.25) is 10.0 Å². The number of nitrogens with one attached hydrogen (secondary N) is 3. The van der Waals surface area contributed by atoms with E-state index in [0.717, 1.165) is 13.0 Å². The Balaban J connectivity index is 0.00000176. The summed E-state index contributed by atoms with van der Waals surface area (Å²) in [4.78, 5) is 11.4. The molecule has 3 N–H and O–H groups in total. The van der Waals surface area contributed by atoms with Crippen LogP contribution in [0, 0.1) is 0 Å². The Hall–Kier alpha value is -0.870. The Kier molecular flexibility index (Phi) is 5.33. The molecule has 1 aromatic rings. The Morgan fingerprint density at radius 3 is 2.82 bits per heavy atom. The van der Waals surface area contributed by atoms with Gasteiger partial charge >= 0.3 is 0 Å². The lowest BCUT2D eigenvalue weighted by Crippen LogP contribution is -2.36. The van der Waals surface area contributed by atoms with Gasteiger partial charge in [0.05, 0.1) is 5.69 Å². The molecule has 0 spiro atoms. The van der Waals surface area contributed by atoms with E-state index in [1.807, 2.05) is 0 Å². The van der Waals surface area contributed by atoms with Crippen molar-refractivity contribution in [3.63, 3.8) is 0 Å². The predicted octanol–water partition coefficient (Wildman–Crippen LogP) is 0.842. The highest BCUT2D eigenvalue weighted by Crippen LogP contribution is 2.35. The van der Waals surface area contributed by atoms with E-state index in [0.29, 0.717) is 22.5 Å². The van der Waals surface area contributed by atoms with Crippen LogP contribution in [0.1, 0.15) is 6.42 Å². The maximum Gasteiger partial charge on any atom is 0.262 e. The van der Waals surface area contributed by atoms with Gasteiger partial charge in [-0.3, -0.25) is 4.79 Å². The fourth-order valence-electron chi connectivity index (χ4n) is 2.33. The van der Waals surface area contributed by atoms with Crippen LogP contribution < -0.4 is 20.1 Å². The highest BCUT2D eigenvalue weighted by atomic mass is 79.9. The third-order valence-electron chi connectivity index (χ3n) is 3.34. The van der Waals surface area contributed by atoms with Crippen LogP contribution in [0.4, 0.5) is 5.69 Å². The number of fused-ring (bicyclic) bond motifs is 1. The number of benzene rings is 1. The topological polar surface area (TPSA) is 96.5 Å². The van der Waals surface area contributed by atoms with Crippen LogP contribution in [-0.2, 0) is 14.8 Å². The summed E-state index contributed by atoms with van der Waals surface area (Å²) in [6.07, 6.45) is 0.758. The second-order valence-corrected chi connectivity index (χ2v) is 7.46. The highest BCUT2D eigenvalue weighted by molar-refractivity contribution is 9.10. The van der Waals surface area contributed by atoms with Crippen molar-refractivity contribution in [2.75, 3.05) is 25.0 Å². The number of hydrogen-bond donors (Lipinski definition) is 3. The molecule has 10 heteroatoms. The minimum atomic E-state index is -3.65. The van der Waals surface area contributed by atoms with E-state index in [1.165, 1.54) is 12.1 Å². The van der Waals surface area contributed by atoms with Gasteiger partial charge in [-0.2, -0.15) is 0 Å². The molecule has 122 valence electrons. The smallest absolute Gasteiger partial charge is 0.262 e. The first-order valence-corrected chi connectivity index (χ1v) is 8.72. The second kappa shape index (κ2) is 6.71. The van der Waals surface area contributed by atoms with Gasteiger partial charge in [-0.1, -0.05) is 0 Å². The molecule has 2 aliphatic heterocycles. The molecule has 1 atom stereocenters. The van der Waals surface area contributed by atoms with E-state index >= 15 is 0 Å². The van der Waals surface area contributed by atoms with E-state index in [1.54, 1.807) is 0 Å². The third-order valence-corrected chi connectivity index (χ3v) is 5.82. The van der Waals surface area contributed by atoms with E-state index in [4.69, 9.17) is 4.74 Å². The summed E-state index contributed by atoms with van der Waals surface area (Å²) in [5, 5.41) is 5.74. The molecule has 3 rings (SSSR count). The Labute approximate surface area is 142 Å². The Morgan fingerprint density at radius 1 is 1.36 bits per heavy atom. The SMILES string of the molecule is Cl.O=C1COc2cc(S(=O)(=O)NC3CCNC3)c(Br)cc2N1. The minimum absolute atomic E-state index is 0.